The van der Waals surface area contributed by atoms with Gasteiger partial charge in [0, 0.05) is 12.8 Å². The highest BCUT2D eigenvalue weighted by Crippen LogP contribution is 2.43. The van der Waals surface area contributed by atoms with E-state index in [4.69, 9.17) is 23.8 Å². The van der Waals surface area contributed by atoms with Gasteiger partial charge >= 0.3 is 27.6 Å². The first-order chi connectivity index (χ1) is 29.2. The molecule has 0 saturated heterocycles. The van der Waals surface area contributed by atoms with Gasteiger partial charge in [-0.05, 0) is 44.4 Å². The van der Waals surface area contributed by atoms with Crippen molar-refractivity contribution in [3.8, 4) is 0 Å². The summed E-state index contributed by atoms with van der Waals surface area (Å²) in [6.07, 6.45) is 34.6. The van der Waals surface area contributed by atoms with E-state index in [1.165, 1.54) is 77.0 Å². The summed E-state index contributed by atoms with van der Waals surface area (Å²) in [4.78, 5) is 52.8. The van der Waals surface area contributed by atoms with E-state index in [1.54, 1.807) is 6.08 Å². The van der Waals surface area contributed by atoms with E-state index < -0.39 is 72.3 Å². The molecule has 0 fully saturated rings. The van der Waals surface area contributed by atoms with Gasteiger partial charge in [0.05, 0.1) is 25.9 Å². The van der Waals surface area contributed by atoms with Crippen LogP contribution < -0.4 is 0 Å². The summed E-state index contributed by atoms with van der Waals surface area (Å²) in [5.41, 5.74) is 0. The number of ether oxygens (including phenoxy) is 2. The van der Waals surface area contributed by atoms with Crippen molar-refractivity contribution < 1.29 is 66.7 Å². The van der Waals surface area contributed by atoms with E-state index in [-0.39, 0.29) is 12.8 Å². The van der Waals surface area contributed by atoms with Crippen molar-refractivity contribution in [1.29, 1.82) is 0 Å². The molecule has 0 aliphatic heterocycles. The van der Waals surface area contributed by atoms with Crippen molar-refractivity contribution in [1.82, 2.24) is 0 Å². The Morgan fingerprint density at radius 3 is 1.66 bits per heavy atom. The van der Waals surface area contributed by atoms with Gasteiger partial charge in [0.25, 0.3) is 0 Å². The fourth-order valence-electron chi connectivity index (χ4n) is 6.24. The highest BCUT2D eigenvalue weighted by Gasteiger charge is 2.28. The lowest BCUT2D eigenvalue weighted by Crippen LogP contribution is -2.30. The molecule has 0 aromatic rings. The fourth-order valence-corrected chi connectivity index (χ4v) is 7.40. The molecule has 0 heterocycles. The van der Waals surface area contributed by atoms with Crippen LogP contribution in [0.25, 0.3) is 0 Å². The smallest absolute Gasteiger partial charge is 0.462 e. The van der Waals surface area contributed by atoms with Gasteiger partial charge in [-0.3, -0.25) is 23.2 Å². The fraction of sp³-hybridized carbons (Fsp3) is 0.822. The van der Waals surface area contributed by atoms with Gasteiger partial charge in [-0.1, -0.05) is 173 Å². The quantitative estimate of drug-likeness (QED) is 0.0127. The first kappa shape index (κ1) is 59.3. The van der Waals surface area contributed by atoms with Crippen molar-refractivity contribution in [3.63, 3.8) is 0 Å². The van der Waals surface area contributed by atoms with Crippen molar-refractivity contribution in [3.05, 3.63) is 36.5 Å². The summed E-state index contributed by atoms with van der Waals surface area (Å²) in [6.45, 7) is 3.89. The van der Waals surface area contributed by atoms with Crippen LogP contribution in [0.1, 0.15) is 188 Å². The molecule has 0 rings (SSSR count). The van der Waals surface area contributed by atoms with Crippen molar-refractivity contribution >= 4 is 27.6 Å². The van der Waals surface area contributed by atoms with Gasteiger partial charge in [-0.25, -0.2) is 9.13 Å². The highest BCUT2D eigenvalue weighted by atomic mass is 31.2. The van der Waals surface area contributed by atoms with Crippen molar-refractivity contribution in [2.45, 2.75) is 206 Å². The maximum atomic E-state index is 12.7. The van der Waals surface area contributed by atoms with E-state index in [0.29, 0.717) is 19.3 Å². The minimum Gasteiger partial charge on any atom is -0.462 e. The molecule has 0 saturated carbocycles. The number of allylic oxidation sites excluding steroid dienone is 4. The maximum absolute atomic E-state index is 12.7. The van der Waals surface area contributed by atoms with Crippen LogP contribution in [0, 0.1) is 5.92 Å². The molecular weight excluding hydrogens is 826 g/mol. The van der Waals surface area contributed by atoms with Crippen LogP contribution in [0.4, 0.5) is 0 Å². The molecule has 0 aromatic heterocycles. The van der Waals surface area contributed by atoms with E-state index in [9.17, 15) is 33.8 Å². The van der Waals surface area contributed by atoms with Crippen molar-refractivity contribution in [2.75, 3.05) is 26.4 Å². The van der Waals surface area contributed by atoms with Gasteiger partial charge in [-0.2, -0.15) is 0 Å². The Kier molecular flexibility index (Phi) is 38.7. The molecular formula is C45H84O14P2. The van der Waals surface area contributed by atoms with Crippen LogP contribution >= 0.6 is 15.6 Å². The standard InChI is InChI=1S/C45H84O14P2/c1-4-6-26-32-41(46)33-28-23-19-15-13-17-21-25-30-35-45(49)59-43(39-58-61(53,54)57-37-42(47)36-56-60(50,51)52)38-55-44(48)34-29-24-20-16-12-10-8-7-9-11-14-18-22-27-31-40(3)5-2/h6,19,23,26,28,33,40-43,46-47H,4-5,7-18,20-22,24-25,27,29-32,34-39H2,1-3H3,(H,53,54)(H2,50,51,52)/b23-19+,26-6+,33-28+/t40?,41?,42-,43+/m0/s1. The van der Waals surface area contributed by atoms with Crippen LogP contribution in [0.5, 0.6) is 0 Å². The molecule has 0 aromatic carbocycles. The maximum Gasteiger partial charge on any atom is 0.472 e. The lowest BCUT2D eigenvalue weighted by molar-refractivity contribution is -0.161. The summed E-state index contributed by atoms with van der Waals surface area (Å²) in [7, 11) is -9.70. The highest BCUT2D eigenvalue weighted by molar-refractivity contribution is 7.47. The van der Waals surface area contributed by atoms with Crippen molar-refractivity contribution in [2.24, 2.45) is 5.92 Å². The Labute approximate surface area is 368 Å². The van der Waals surface area contributed by atoms with Crippen LogP contribution in [-0.4, -0.2) is 81.6 Å². The number of carbonyl (C=O) groups excluding carboxylic acids is 2. The number of hydrogen-bond donors (Lipinski definition) is 5. The number of carbonyl (C=O) groups is 2. The largest absolute Gasteiger partial charge is 0.472 e. The molecule has 0 spiro atoms. The van der Waals surface area contributed by atoms with E-state index in [1.807, 2.05) is 31.2 Å². The monoisotopic (exact) mass is 911 g/mol. The molecule has 3 unspecified atom stereocenters. The van der Waals surface area contributed by atoms with Gasteiger partial charge in [-0.15, -0.1) is 0 Å². The first-order valence-corrected chi connectivity index (χ1v) is 26.2. The lowest BCUT2D eigenvalue weighted by Gasteiger charge is -2.20. The van der Waals surface area contributed by atoms with Crippen LogP contribution in [0.3, 0.4) is 0 Å². The second-order valence-electron chi connectivity index (χ2n) is 16.1. The average Bonchev–Trinajstić information content (AvgIpc) is 3.21. The third-order valence-electron chi connectivity index (χ3n) is 10.2. The number of aliphatic hydroxyl groups excluding tert-OH is 2. The van der Waals surface area contributed by atoms with Gasteiger partial charge in [0.2, 0.25) is 0 Å². The number of esters is 2. The normalized spacial score (nSPS) is 15.3. The molecule has 358 valence electrons. The molecule has 0 bridgehead atoms. The number of rotatable bonds is 43. The van der Waals surface area contributed by atoms with Crippen LogP contribution in [-0.2, 0) is 41.8 Å². The predicted octanol–water partition coefficient (Wildman–Crippen LogP) is 10.9. The first-order valence-electron chi connectivity index (χ1n) is 23.2. The van der Waals surface area contributed by atoms with E-state index >= 15 is 0 Å². The molecule has 0 aliphatic rings. The number of hydrogen-bond acceptors (Lipinski definition) is 11. The molecule has 0 radical (unpaired) electrons. The van der Waals surface area contributed by atoms with Gasteiger partial charge in [0.1, 0.15) is 12.7 Å². The topological polar surface area (TPSA) is 216 Å². The summed E-state index contributed by atoms with van der Waals surface area (Å²) < 4.78 is 47.8. The minimum absolute atomic E-state index is 0.0860. The number of aliphatic hydroxyl groups is 2. The second kappa shape index (κ2) is 39.9. The van der Waals surface area contributed by atoms with Crippen LogP contribution in [0.2, 0.25) is 0 Å². The lowest BCUT2D eigenvalue weighted by atomic mass is 9.99. The van der Waals surface area contributed by atoms with Gasteiger partial charge < -0.3 is 34.4 Å². The number of phosphoric acid groups is 2. The average molecular weight is 911 g/mol. The summed E-state index contributed by atoms with van der Waals surface area (Å²) in [5.74, 6) is -0.221. The zero-order chi connectivity index (χ0) is 45.5. The Bertz CT molecular complexity index is 1250. The molecule has 14 nitrogen and oxygen atoms in total. The SMILES string of the molecule is CC/C=C/CC(O)/C=C/C=C/CCCCCCCC(=O)O[C@H](COC(=O)CCCCCCCCCCCCCCCCC(C)CC)COP(=O)(O)OC[C@@H](O)COP(=O)(O)O. The van der Waals surface area contributed by atoms with E-state index in [0.717, 1.165) is 63.7 Å². The molecule has 5 atom stereocenters. The Balaban J connectivity index is 4.52. The summed E-state index contributed by atoms with van der Waals surface area (Å²) >= 11 is 0. The molecule has 0 aliphatic carbocycles. The summed E-state index contributed by atoms with van der Waals surface area (Å²) in [6, 6.07) is 0. The molecule has 61 heavy (non-hydrogen) atoms. The van der Waals surface area contributed by atoms with Crippen LogP contribution in [0.15, 0.2) is 36.5 Å². The number of unbranched alkanes of at least 4 members (excludes halogenated alkanes) is 18. The zero-order valence-electron chi connectivity index (χ0n) is 37.8. The van der Waals surface area contributed by atoms with Gasteiger partial charge in [0.15, 0.2) is 6.10 Å². The summed E-state index contributed by atoms with van der Waals surface area (Å²) in [5, 5.41) is 19.6. The third-order valence-corrected chi connectivity index (χ3v) is 11.6. The predicted molar refractivity (Wildman–Crippen MR) is 241 cm³/mol. The number of phosphoric ester groups is 2. The molecule has 0 amide bonds. The second-order valence-corrected chi connectivity index (χ2v) is 18.8. The zero-order valence-corrected chi connectivity index (χ0v) is 39.6. The Morgan fingerprint density at radius 1 is 0.590 bits per heavy atom. The molecule has 5 N–H and O–H groups in total. The molecule has 16 heteroatoms. The van der Waals surface area contributed by atoms with E-state index in [2.05, 4.69) is 29.0 Å². The third kappa shape index (κ3) is 43.3. The minimum atomic E-state index is -4.87. The Morgan fingerprint density at radius 2 is 1.10 bits per heavy atom. The Hall–Kier alpha value is -1.70.